The second kappa shape index (κ2) is 31.3. The van der Waals surface area contributed by atoms with Gasteiger partial charge < -0.3 is 22.4 Å². The summed E-state index contributed by atoms with van der Waals surface area (Å²) in [5.74, 6) is -0.331. The van der Waals surface area contributed by atoms with E-state index < -0.39 is 9.05 Å². The van der Waals surface area contributed by atoms with Gasteiger partial charge in [-0.2, -0.15) is 0 Å². The molecule has 0 rings (SSSR count). The first-order valence-electron chi connectivity index (χ1n) is 18.4. The van der Waals surface area contributed by atoms with Gasteiger partial charge in [-0.1, -0.05) is 143 Å². The maximum atomic E-state index is 12.3. The Balaban J connectivity index is 5.36. The molecule has 43 heavy (non-hydrogen) atoms. The van der Waals surface area contributed by atoms with E-state index in [1.807, 2.05) is 0 Å². The van der Waals surface area contributed by atoms with Crippen LogP contribution in [0.15, 0.2) is 12.2 Å². The molecule has 0 aromatic rings. The van der Waals surface area contributed by atoms with Crippen molar-refractivity contribution in [3.05, 3.63) is 12.2 Å². The Morgan fingerprint density at radius 2 is 0.860 bits per heavy atom. The zero-order valence-corrected chi connectivity index (χ0v) is 30.3. The number of hydrogen-bond donors (Lipinski definition) is 0. The molecule has 0 saturated carbocycles. The van der Waals surface area contributed by atoms with Crippen molar-refractivity contribution in [2.75, 3.05) is 26.4 Å². The first-order valence-corrected chi connectivity index (χ1v) is 20.0. The van der Waals surface area contributed by atoms with Gasteiger partial charge in [0.15, 0.2) is 0 Å². The largest absolute Gasteiger partial charge is 0.679 e. The van der Waals surface area contributed by atoms with E-state index in [0.717, 1.165) is 64.2 Å². The Hall–Kier alpha value is -0.733. The van der Waals surface area contributed by atoms with Crippen molar-refractivity contribution >= 4 is 15.0 Å². The first-order chi connectivity index (χ1) is 20.9. The molecule has 6 nitrogen and oxygen atoms in total. The van der Waals surface area contributed by atoms with Crippen molar-refractivity contribution < 1.29 is 27.2 Å². The van der Waals surface area contributed by atoms with E-state index >= 15 is 0 Å². The van der Waals surface area contributed by atoms with Crippen molar-refractivity contribution in [1.82, 2.24) is 0 Å². The smallest absolute Gasteiger partial charge is 0.459 e. The zero-order valence-electron chi connectivity index (χ0n) is 29.3. The van der Waals surface area contributed by atoms with E-state index in [0.29, 0.717) is 38.4 Å². The minimum atomic E-state index is -3.35. The molecule has 0 fully saturated rings. The van der Waals surface area contributed by atoms with Crippen LogP contribution < -0.4 is 0 Å². The average molecular weight is 629 g/mol. The van der Waals surface area contributed by atoms with Gasteiger partial charge in [-0.05, 0) is 39.0 Å². The molecule has 0 radical (unpaired) electrons. The van der Waals surface area contributed by atoms with Crippen LogP contribution in [0.5, 0.6) is 0 Å². The predicted octanol–water partition coefficient (Wildman–Crippen LogP) is 11.0. The third-order valence-electron chi connectivity index (χ3n) is 7.80. The molecule has 0 bridgehead atoms. The van der Waals surface area contributed by atoms with Crippen LogP contribution in [-0.2, 0) is 27.2 Å². The summed E-state index contributed by atoms with van der Waals surface area (Å²) in [5, 5.41) is 0. The predicted molar refractivity (Wildman–Crippen MR) is 183 cm³/mol. The third-order valence-corrected chi connectivity index (χ3v) is 10.0. The normalized spacial score (nSPS) is 12.5. The molecule has 0 aromatic carbocycles. The van der Waals surface area contributed by atoms with Crippen LogP contribution in [0.25, 0.3) is 0 Å². The number of hydrogen-bond acceptors (Lipinski definition) is 6. The lowest BCUT2D eigenvalue weighted by atomic mass is 10.1. The van der Waals surface area contributed by atoms with Crippen LogP contribution in [0.3, 0.4) is 0 Å². The monoisotopic (exact) mass is 629 g/mol. The van der Waals surface area contributed by atoms with Gasteiger partial charge in [-0.15, -0.1) is 0 Å². The van der Waals surface area contributed by atoms with Crippen molar-refractivity contribution in [2.45, 2.75) is 188 Å². The molecule has 0 heterocycles. The van der Waals surface area contributed by atoms with Crippen LogP contribution >= 0.6 is 0 Å². The highest BCUT2D eigenvalue weighted by Crippen LogP contribution is 2.20. The summed E-state index contributed by atoms with van der Waals surface area (Å²) >= 11 is 0. The molecule has 256 valence electrons. The van der Waals surface area contributed by atoms with Crippen LogP contribution in [0, 0.1) is 0 Å². The third kappa shape index (κ3) is 26.2. The number of carbonyl (C=O) groups excluding carboxylic acids is 1. The van der Waals surface area contributed by atoms with Crippen LogP contribution in [-0.4, -0.2) is 47.5 Å². The number of ether oxygens (including phenoxy) is 1. The molecule has 0 saturated heterocycles. The van der Waals surface area contributed by atoms with E-state index in [1.165, 1.54) is 77.0 Å². The highest BCUT2D eigenvalue weighted by atomic mass is 28.4. The Labute approximate surface area is 268 Å². The number of rotatable bonds is 34. The van der Waals surface area contributed by atoms with E-state index in [4.69, 9.17) is 22.4 Å². The first kappa shape index (κ1) is 42.3. The molecule has 0 spiro atoms. The summed E-state index contributed by atoms with van der Waals surface area (Å²) in [6.45, 7) is 16.5. The zero-order chi connectivity index (χ0) is 31.9. The highest BCUT2D eigenvalue weighted by Gasteiger charge is 2.45. The summed E-state index contributed by atoms with van der Waals surface area (Å²) < 4.78 is 31.7. The standard InChI is InChI=1S/C36H72O6Si/c1-7-11-15-18-21-25-30-38-43(39-31-26-22-19-16-12-8-2,40-32-27-23-20-17-13-9-3)41-33-29-35(28-24-14-10-4)42-36(37)34(5)6/h35H,5,7-33H2,1-4,6H3. The average Bonchev–Trinajstić information content (AvgIpc) is 2.99. The molecular formula is C36H72O6Si. The molecule has 0 aliphatic rings. The molecule has 0 aliphatic heterocycles. The molecule has 1 atom stereocenters. The fourth-order valence-corrected chi connectivity index (χ4v) is 6.99. The van der Waals surface area contributed by atoms with Crippen LogP contribution in [0.2, 0.25) is 0 Å². The van der Waals surface area contributed by atoms with Gasteiger partial charge in [-0.25, -0.2) is 4.79 Å². The van der Waals surface area contributed by atoms with Gasteiger partial charge in [0, 0.05) is 38.4 Å². The van der Waals surface area contributed by atoms with Gasteiger partial charge in [0.05, 0.1) is 0 Å². The summed E-state index contributed by atoms with van der Waals surface area (Å²) in [6.07, 6.45) is 26.0. The fourth-order valence-electron chi connectivity index (χ4n) is 4.94. The topological polar surface area (TPSA) is 63.2 Å². The van der Waals surface area contributed by atoms with Gasteiger partial charge in [-0.3, -0.25) is 0 Å². The van der Waals surface area contributed by atoms with Gasteiger partial charge >= 0.3 is 15.0 Å². The lowest BCUT2D eigenvalue weighted by Crippen LogP contribution is -2.50. The Bertz CT molecular complexity index is 583. The Morgan fingerprint density at radius 3 is 1.26 bits per heavy atom. The van der Waals surface area contributed by atoms with Crippen LogP contribution in [0.4, 0.5) is 0 Å². The number of esters is 1. The fraction of sp³-hybridized carbons (Fsp3) is 0.917. The van der Waals surface area contributed by atoms with Crippen molar-refractivity contribution in [1.29, 1.82) is 0 Å². The molecule has 7 heteroatoms. The second-order valence-corrected chi connectivity index (χ2v) is 14.4. The summed E-state index contributed by atoms with van der Waals surface area (Å²) in [7, 11) is -3.35. The van der Waals surface area contributed by atoms with E-state index in [-0.39, 0.29) is 12.1 Å². The lowest BCUT2D eigenvalue weighted by Gasteiger charge is -2.29. The molecule has 0 aromatic heterocycles. The van der Waals surface area contributed by atoms with Gasteiger partial charge in [0.2, 0.25) is 0 Å². The second-order valence-electron chi connectivity index (χ2n) is 12.3. The van der Waals surface area contributed by atoms with Crippen molar-refractivity contribution in [2.24, 2.45) is 0 Å². The maximum Gasteiger partial charge on any atom is 0.679 e. The summed E-state index contributed by atoms with van der Waals surface area (Å²) in [5.41, 5.74) is 0.428. The maximum absolute atomic E-state index is 12.3. The lowest BCUT2D eigenvalue weighted by molar-refractivity contribution is -0.145. The summed E-state index contributed by atoms with van der Waals surface area (Å²) in [4.78, 5) is 12.3. The molecule has 1 unspecified atom stereocenters. The quantitative estimate of drug-likeness (QED) is 0.0306. The minimum Gasteiger partial charge on any atom is -0.459 e. The Kier molecular flexibility index (Phi) is 30.7. The van der Waals surface area contributed by atoms with Gasteiger partial charge in [0.1, 0.15) is 6.10 Å². The van der Waals surface area contributed by atoms with Crippen molar-refractivity contribution in [3.63, 3.8) is 0 Å². The summed E-state index contributed by atoms with van der Waals surface area (Å²) in [6, 6.07) is 0. The van der Waals surface area contributed by atoms with E-state index in [9.17, 15) is 4.79 Å². The SMILES string of the molecule is C=C(C)C(=O)OC(CCCCC)CCO[Si](OCCCCCCCC)(OCCCCCCCC)OCCCCCCCC. The van der Waals surface area contributed by atoms with Crippen LogP contribution in [0.1, 0.15) is 182 Å². The van der Waals surface area contributed by atoms with E-state index in [2.05, 4.69) is 34.3 Å². The highest BCUT2D eigenvalue weighted by molar-refractivity contribution is 6.53. The number of unbranched alkanes of at least 4 members (excludes halogenated alkanes) is 17. The van der Waals surface area contributed by atoms with E-state index in [1.54, 1.807) is 6.92 Å². The Morgan fingerprint density at radius 1 is 0.512 bits per heavy atom. The van der Waals surface area contributed by atoms with Gasteiger partial charge in [0.25, 0.3) is 0 Å². The number of carbonyl (C=O) groups is 1. The molecule has 0 aliphatic carbocycles. The minimum absolute atomic E-state index is 0.210. The molecular weight excluding hydrogens is 556 g/mol. The molecule has 0 amide bonds. The molecule has 0 N–H and O–H groups in total. The van der Waals surface area contributed by atoms with Crippen molar-refractivity contribution in [3.8, 4) is 0 Å².